The fraction of sp³-hybridized carbons (Fsp3) is 0.158. The Bertz CT molecular complexity index is 839. The molecule has 5 nitrogen and oxygen atoms in total. The van der Waals surface area contributed by atoms with Crippen molar-refractivity contribution in [2.45, 2.75) is 12.8 Å². The average Bonchev–Trinajstić information content (AvgIpc) is 3.11. The van der Waals surface area contributed by atoms with Crippen LogP contribution in [0.3, 0.4) is 0 Å². The zero-order valence-corrected chi connectivity index (χ0v) is 13.0. The third-order valence-electron chi connectivity index (χ3n) is 3.55. The monoisotopic (exact) mass is 323 g/mol. The first-order valence-corrected chi connectivity index (χ1v) is 7.67. The Kier molecular flexibility index (Phi) is 4.91. The Morgan fingerprint density at radius 1 is 1.00 bits per heavy atom. The van der Waals surface area contributed by atoms with Crippen molar-refractivity contribution in [1.29, 1.82) is 0 Å². The van der Waals surface area contributed by atoms with Crippen LogP contribution < -0.4 is 5.32 Å². The maximum atomic E-state index is 11.9. The molecule has 24 heavy (non-hydrogen) atoms. The van der Waals surface area contributed by atoms with Crippen LogP contribution in [-0.2, 0) is 20.7 Å². The smallest absolute Gasteiger partial charge is 0.306 e. The molecular weight excluding hydrogens is 306 g/mol. The van der Waals surface area contributed by atoms with Gasteiger partial charge in [-0.1, -0.05) is 30.3 Å². The molecule has 0 radical (unpaired) electrons. The number of rotatable bonds is 6. The summed E-state index contributed by atoms with van der Waals surface area (Å²) in [4.78, 5) is 23.5. The quantitative estimate of drug-likeness (QED) is 0.704. The van der Waals surface area contributed by atoms with Crippen molar-refractivity contribution in [1.82, 2.24) is 0 Å². The van der Waals surface area contributed by atoms with Gasteiger partial charge in [0.25, 0.3) is 5.91 Å². The first kappa shape index (κ1) is 15.8. The van der Waals surface area contributed by atoms with Crippen LogP contribution in [-0.4, -0.2) is 18.5 Å². The van der Waals surface area contributed by atoms with Crippen molar-refractivity contribution in [3.63, 3.8) is 0 Å². The largest absolute Gasteiger partial charge is 0.469 e. The van der Waals surface area contributed by atoms with Crippen LogP contribution in [0.4, 0.5) is 5.69 Å². The van der Waals surface area contributed by atoms with Gasteiger partial charge < -0.3 is 14.5 Å². The van der Waals surface area contributed by atoms with Gasteiger partial charge >= 0.3 is 5.97 Å². The molecule has 0 spiro atoms. The molecule has 3 rings (SSSR count). The van der Waals surface area contributed by atoms with Gasteiger partial charge in [-0.25, -0.2) is 0 Å². The van der Waals surface area contributed by atoms with E-state index in [0.717, 1.165) is 10.8 Å². The summed E-state index contributed by atoms with van der Waals surface area (Å²) in [7, 11) is 0. The fourth-order valence-corrected chi connectivity index (χ4v) is 2.36. The number of aryl methyl sites for hydroxylation is 1. The summed E-state index contributed by atoms with van der Waals surface area (Å²) in [6.45, 7) is -0.302. The van der Waals surface area contributed by atoms with Gasteiger partial charge in [-0.15, -0.1) is 0 Å². The average molecular weight is 323 g/mol. The molecule has 122 valence electrons. The van der Waals surface area contributed by atoms with E-state index in [0.29, 0.717) is 17.9 Å². The Balaban J connectivity index is 1.46. The highest BCUT2D eigenvalue weighted by Gasteiger charge is 2.09. The molecule has 0 unspecified atom stereocenters. The Labute approximate surface area is 139 Å². The Hall–Kier alpha value is -3.08. The van der Waals surface area contributed by atoms with Gasteiger partial charge in [0.15, 0.2) is 6.61 Å². The summed E-state index contributed by atoms with van der Waals surface area (Å²) in [6, 6.07) is 17.1. The molecule has 0 saturated carbocycles. The molecule has 1 amide bonds. The van der Waals surface area contributed by atoms with Gasteiger partial charge in [0.2, 0.25) is 0 Å². The van der Waals surface area contributed by atoms with Crippen LogP contribution in [0.25, 0.3) is 10.8 Å². The number of hydrogen-bond acceptors (Lipinski definition) is 4. The lowest BCUT2D eigenvalue weighted by Gasteiger charge is -2.07. The number of ether oxygens (including phenoxy) is 1. The zero-order chi connectivity index (χ0) is 16.8. The van der Waals surface area contributed by atoms with Gasteiger partial charge in [-0.05, 0) is 35.0 Å². The van der Waals surface area contributed by atoms with Gasteiger partial charge in [0.05, 0.1) is 12.7 Å². The molecule has 0 bridgehead atoms. The molecule has 0 aliphatic carbocycles. The lowest BCUT2D eigenvalue weighted by Crippen LogP contribution is -2.21. The van der Waals surface area contributed by atoms with E-state index in [2.05, 4.69) is 5.32 Å². The molecular formula is C19H17NO4. The van der Waals surface area contributed by atoms with Crippen LogP contribution in [0.5, 0.6) is 0 Å². The summed E-state index contributed by atoms with van der Waals surface area (Å²) >= 11 is 0. The second-order valence-electron chi connectivity index (χ2n) is 5.35. The molecule has 5 heteroatoms. The lowest BCUT2D eigenvalue weighted by molar-refractivity contribution is -0.147. The van der Waals surface area contributed by atoms with Crippen LogP contribution >= 0.6 is 0 Å². The highest BCUT2D eigenvalue weighted by Crippen LogP contribution is 2.18. The summed E-state index contributed by atoms with van der Waals surface area (Å²) in [5, 5.41) is 4.85. The number of hydrogen-bond donors (Lipinski definition) is 1. The molecule has 0 fully saturated rings. The Morgan fingerprint density at radius 2 is 1.83 bits per heavy atom. The van der Waals surface area contributed by atoms with E-state index >= 15 is 0 Å². The molecule has 0 saturated heterocycles. The van der Waals surface area contributed by atoms with Gasteiger partial charge in [-0.3, -0.25) is 9.59 Å². The molecule has 2 aromatic carbocycles. The summed E-state index contributed by atoms with van der Waals surface area (Å²) in [5.74, 6) is -0.0794. The van der Waals surface area contributed by atoms with Crippen LogP contribution in [0.1, 0.15) is 12.2 Å². The van der Waals surface area contributed by atoms with E-state index in [1.54, 1.807) is 18.4 Å². The standard InChI is InChI=1S/C19H17NO4/c21-18(13-24-19(22)10-9-17-6-3-11-23-17)20-16-8-7-14-4-1-2-5-15(14)12-16/h1-8,11-12H,9-10,13H2,(H,20,21). The maximum Gasteiger partial charge on any atom is 0.306 e. The molecule has 0 aliphatic heterocycles. The maximum absolute atomic E-state index is 11.9. The molecule has 0 atom stereocenters. The van der Waals surface area contributed by atoms with Crippen molar-refractivity contribution >= 4 is 28.3 Å². The number of carbonyl (C=O) groups excluding carboxylic acids is 2. The van der Waals surface area contributed by atoms with E-state index in [1.807, 2.05) is 42.5 Å². The first-order valence-electron chi connectivity index (χ1n) is 7.67. The lowest BCUT2D eigenvalue weighted by atomic mass is 10.1. The number of amides is 1. The van der Waals surface area contributed by atoms with Crippen molar-refractivity contribution in [3.05, 3.63) is 66.6 Å². The van der Waals surface area contributed by atoms with Gasteiger partial charge in [0.1, 0.15) is 5.76 Å². The summed E-state index contributed by atoms with van der Waals surface area (Å²) in [5.41, 5.74) is 0.672. The molecule has 3 aromatic rings. The second-order valence-corrected chi connectivity index (χ2v) is 5.35. The van der Waals surface area contributed by atoms with E-state index < -0.39 is 5.97 Å². The molecule has 0 aliphatic rings. The van der Waals surface area contributed by atoms with Crippen LogP contribution in [0, 0.1) is 0 Å². The fourth-order valence-electron chi connectivity index (χ4n) is 2.36. The Morgan fingerprint density at radius 3 is 2.62 bits per heavy atom. The number of esters is 1. The second kappa shape index (κ2) is 7.46. The van der Waals surface area contributed by atoms with Crippen molar-refractivity contribution in [3.8, 4) is 0 Å². The van der Waals surface area contributed by atoms with E-state index in [-0.39, 0.29) is 18.9 Å². The van der Waals surface area contributed by atoms with Gasteiger partial charge in [0, 0.05) is 12.1 Å². The minimum atomic E-state index is -0.430. The predicted octanol–water partition coefficient (Wildman–Crippen LogP) is 3.55. The van der Waals surface area contributed by atoms with E-state index in [9.17, 15) is 9.59 Å². The predicted molar refractivity (Wildman–Crippen MR) is 90.6 cm³/mol. The normalized spacial score (nSPS) is 10.5. The summed E-state index contributed by atoms with van der Waals surface area (Å²) < 4.78 is 10.1. The molecule has 1 N–H and O–H groups in total. The first-order chi connectivity index (χ1) is 11.7. The number of benzene rings is 2. The highest BCUT2D eigenvalue weighted by molar-refractivity contribution is 5.95. The van der Waals surface area contributed by atoms with Crippen molar-refractivity contribution < 1.29 is 18.7 Å². The topological polar surface area (TPSA) is 68.5 Å². The van der Waals surface area contributed by atoms with Crippen LogP contribution in [0.15, 0.2) is 65.3 Å². The third kappa shape index (κ3) is 4.23. The molecule has 1 aromatic heterocycles. The van der Waals surface area contributed by atoms with Crippen molar-refractivity contribution in [2.75, 3.05) is 11.9 Å². The zero-order valence-electron chi connectivity index (χ0n) is 13.0. The van der Waals surface area contributed by atoms with Crippen LogP contribution in [0.2, 0.25) is 0 Å². The van der Waals surface area contributed by atoms with E-state index in [4.69, 9.17) is 9.15 Å². The minimum absolute atomic E-state index is 0.177. The highest BCUT2D eigenvalue weighted by atomic mass is 16.5. The SMILES string of the molecule is O=C(COC(=O)CCc1ccco1)Nc1ccc2ccccc2c1. The van der Waals surface area contributed by atoms with Gasteiger partial charge in [-0.2, -0.15) is 0 Å². The number of anilines is 1. The molecule has 1 heterocycles. The number of fused-ring (bicyclic) bond motifs is 1. The summed E-state index contributed by atoms with van der Waals surface area (Å²) in [6.07, 6.45) is 2.19. The number of carbonyl (C=O) groups is 2. The third-order valence-corrected chi connectivity index (χ3v) is 3.55. The minimum Gasteiger partial charge on any atom is -0.469 e. The number of furan rings is 1. The van der Waals surface area contributed by atoms with E-state index in [1.165, 1.54) is 0 Å². The number of nitrogens with one attached hydrogen (secondary N) is 1. The van der Waals surface area contributed by atoms with Crippen molar-refractivity contribution in [2.24, 2.45) is 0 Å².